The maximum absolute atomic E-state index is 11.9. The van der Waals surface area contributed by atoms with Gasteiger partial charge in [-0.2, -0.15) is 0 Å². The predicted octanol–water partition coefficient (Wildman–Crippen LogP) is 2.47. The highest BCUT2D eigenvalue weighted by atomic mass is 16.2. The highest BCUT2D eigenvalue weighted by molar-refractivity contribution is 5.96. The van der Waals surface area contributed by atoms with Gasteiger partial charge in [-0.25, -0.2) is 4.79 Å². The number of para-hydroxylation sites is 1. The molecule has 134 valence electrons. The van der Waals surface area contributed by atoms with E-state index in [4.69, 9.17) is 5.73 Å². The number of urea groups is 1. The number of carbonyl (C=O) groups excluding carboxylic acids is 2. The Kier molecular flexibility index (Phi) is 5.34. The Morgan fingerprint density at radius 3 is 2.50 bits per heavy atom. The van der Waals surface area contributed by atoms with E-state index >= 15 is 0 Å². The summed E-state index contributed by atoms with van der Waals surface area (Å²) in [4.78, 5) is 26.1. The molecule has 1 aromatic heterocycles. The second kappa shape index (κ2) is 7.84. The normalized spacial score (nSPS) is 13.3. The summed E-state index contributed by atoms with van der Waals surface area (Å²) >= 11 is 0. The van der Waals surface area contributed by atoms with Crippen molar-refractivity contribution in [2.75, 3.05) is 6.54 Å². The van der Waals surface area contributed by atoms with Crippen molar-refractivity contribution in [2.24, 2.45) is 5.73 Å². The molecule has 0 fully saturated rings. The van der Waals surface area contributed by atoms with Crippen molar-refractivity contribution >= 4 is 22.8 Å². The lowest BCUT2D eigenvalue weighted by molar-refractivity contribution is -0.121. The Morgan fingerprint density at radius 1 is 1.08 bits per heavy atom. The Bertz CT molecular complexity index is 904. The largest absolute Gasteiger partial charge is 0.361 e. The zero-order valence-electron chi connectivity index (χ0n) is 14.5. The number of benzene rings is 2. The van der Waals surface area contributed by atoms with Crippen LogP contribution in [0.4, 0.5) is 4.79 Å². The van der Waals surface area contributed by atoms with Crippen LogP contribution >= 0.6 is 0 Å². The SMILES string of the molecule is C[C@H](NC[C@@H](c1ccccc1)c1c[nH]c2ccccc12)C(=O)NC(N)=O. The number of hydrogen-bond donors (Lipinski definition) is 4. The summed E-state index contributed by atoms with van der Waals surface area (Å²) in [7, 11) is 0. The first kappa shape index (κ1) is 17.7. The van der Waals surface area contributed by atoms with E-state index in [0.29, 0.717) is 6.54 Å². The Labute approximate surface area is 151 Å². The number of imide groups is 1. The molecule has 3 amide bonds. The molecule has 6 nitrogen and oxygen atoms in total. The number of primary amides is 1. The van der Waals surface area contributed by atoms with Gasteiger partial charge in [-0.1, -0.05) is 48.5 Å². The van der Waals surface area contributed by atoms with Crippen LogP contribution in [0.5, 0.6) is 0 Å². The molecule has 0 aliphatic heterocycles. The quantitative estimate of drug-likeness (QED) is 0.549. The monoisotopic (exact) mass is 350 g/mol. The molecular weight excluding hydrogens is 328 g/mol. The average Bonchev–Trinajstić information content (AvgIpc) is 3.06. The van der Waals surface area contributed by atoms with Gasteiger partial charge in [0.1, 0.15) is 0 Å². The number of amides is 3. The van der Waals surface area contributed by atoms with E-state index in [9.17, 15) is 9.59 Å². The fraction of sp³-hybridized carbons (Fsp3) is 0.200. The lowest BCUT2D eigenvalue weighted by Gasteiger charge is -2.21. The number of fused-ring (bicyclic) bond motifs is 1. The zero-order valence-corrected chi connectivity index (χ0v) is 14.5. The molecule has 0 aliphatic rings. The third-order valence-electron chi connectivity index (χ3n) is 4.47. The topological polar surface area (TPSA) is 100 Å². The van der Waals surface area contributed by atoms with Crippen LogP contribution in [0.15, 0.2) is 60.8 Å². The number of carbonyl (C=O) groups is 2. The third kappa shape index (κ3) is 3.92. The number of aromatic amines is 1. The van der Waals surface area contributed by atoms with E-state index in [2.05, 4.69) is 33.8 Å². The van der Waals surface area contributed by atoms with E-state index in [1.54, 1.807) is 6.92 Å². The van der Waals surface area contributed by atoms with E-state index < -0.39 is 18.0 Å². The standard InChI is InChI=1S/C20H22N4O2/c1-13(19(25)24-20(21)26)22-11-16(14-7-3-2-4-8-14)17-12-23-18-10-6-5-9-15(17)18/h2-10,12-13,16,22-23H,11H2,1H3,(H3,21,24,25,26)/t13-,16-/m0/s1. The van der Waals surface area contributed by atoms with Crippen molar-refractivity contribution in [2.45, 2.75) is 18.9 Å². The molecule has 0 aliphatic carbocycles. The smallest absolute Gasteiger partial charge is 0.318 e. The number of aromatic nitrogens is 1. The summed E-state index contributed by atoms with van der Waals surface area (Å²) in [6, 6.07) is 16.9. The van der Waals surface area contributed by atoms with Gasteiger partial charge in [0.05, 0.1) is 6.04 Å². The molecule has 6 heteroatoms. The Balaban J connectivity index is 1.86. The van der Waals surface area contributed by atoms with Gasteiger partial charge in [0.15, 0.2) is 0 Å². The van der Waals surface area contributed by atoms with Crippen LogP contribution in [-0.4, -0.2) is 29.5 Å². The summed E-state index contributed by atoms with van der Waals surface area (Å²) < 4.78 is 0. The Morgan fingerprint density at radius 2 is 1.77 bits per heavy atom. The van der Waals surface area contributed by atoms with Gasteiger partial charge in [-0.15, -0.1) is 0 Å². The molecule has 3 aromatic rings. The van der Waals surface area contributed by atoms with Gasteiger partial charge in [0.2, 0.25) is 5.91 Å². The first-order valence-electron chi connectivity index (χ1n) is 8.51. The molecule has 3 rings (SSSR count). The van der Waals surface area contributed by atoms with Gasteiger partial charge < -0.3 is 16.0 Å². The van der Waals surface area contributed by atoms with E-state index in [1.165, 1.54) is 0 Å². The molecule has 0 saturated carbocycles. The van der Waals surface area contributed by atoms with Gasteiger partial charge in [-0.05, 0) is 24.1 Å². The van der Waals surface area contributed by atoms with Crippen LogP contribution in [0.2, 0.25) is 0 Å². The molecule has 0 bridgehead atoms. The van der Waals surface area contributed by atoms with Crippen LogP contribution < -0.4 is 16.4 Å². The second-order valence-electron chi connectivity index (χ2n) is 6.24. The lowest BCUT2D eigenvalue weighted by atomic mass is 9.90. The first-order chi connectivity index (χ1) is 12.6. The van der Waals surface area contributed by atoms with Crippen molar-refractivity contribution in [1.82, 2.24) is 15.6 Å². The van der Waals surface area contributed by atoms with Gasteiger partial charge in [-0.3, -0.25) is 10.1 Å². The highest BCUT2D eigenvalue weighted by Gasteiger charge is 2.21. The number of rotatable bonds is 6. The molecule has 1 heterocycles. The fourth-order valence-electron chi connectivity index (χ4n) is 3.09. The minimum atomic E-state index is -0.847. The summed E-state index contributed by atoms with van der Waals surface area (Å²) in [5.41, 5.74) is 8.39. The molecule has 2 atom stereocenters. The summed E-state index contributed by atoms with van der Waals surface area (Å²) in [6.45, 7) is 2.24. The molecule has 0 unspecified atom stereocenters. The number of nitrogens with one attached hydrogen (secondary N) is 3. The predicted molar refractivity (Wildman–Crippen MR) is 102 cm³/mol. The van der Waals surface area contributed by atoms with Crippen LogP contribution in [0.3, 0.4) is 0 Å². The molecule has 0 saturated heterocycles. The molecule has 0 spiro atoms. The van der Waals surface area contributed by atoms with Crippen LogP contribution in [0.1, 0.15) is 24.0 Å². The van der Waals surface area contributed by atoms with Crippen molar-refractivity contribution in [3.8, 4) is 0 Å². The molecule has 5 N–H and O–H groups in total. The number of nitrogens with two attached hydrogens (primary N) is 1. The maximum atomic E-state index is 11.9. The number of hydrogen-bond acceptors (Lipinski definition) is 3. The zero-order chi connectivity index (χ0) is 18.5. The van der Waals surface area contributed by atoms with Crippen LogP contribution in [0.25, 0.3) is 10.9 Å². The molecule has 26 heavy (non-hydrogen) atoms. The average molecular weight is 350 g/mol. The maximum Gasteiger partial charge on any atom is 0.318 e. The molecular formula is C20H22N4O2. The third-order valence-corrected chi connectivity index (χ3v) is 4.47. The van der Waals surface area contributed by atoms with Crippen molar-refractivity contribution in [1.29, 1.82) is 0 Å². The van der Waals surface area contributed by atoms with Crippen LogP contribution in [0, 0.1) is 0 Å². The van der Waals surface area contributed by atoms with Crippen LogP contribution in [-0.2, 0) is 4.79 Å². The lowest BCUT2D eigenvalue weighted by Crippen LogP contribution is -2.47. The van der Waals surface area contributed by atoms with E-state index in [1.807, 2.05) is 42.6 Å². The fourth-order valence-corrected chi connectivity index (χ4v) is 3.09. The minimum absolute atomic E-state index is 0.0520. The van der Waals surface area contributed by atoms with Crippen molar-refractivity contribution in [3.63, 3.8) is 0 Å². The van der Waals surface area contributed by atoms with Gasteiger partial charge in [0, 0.05) is 29.6 Å². The van der Waals surface area contributed by atoms with Gasteiger partial charge in [0.25, 0.3) is 0 Å². The number of H-pyrrole nitrogens is 1. The minimum Gasteiger partial charge on any atom is -0.361 e. The summed E-state index contributed by atoms with van der Waals surface area (Å²) in [6.07, 6.45) is 2.01. The molecule has 0 radical (unpaired) electrons. The highest BCUT2D eigenvalue weighted by Crippen LogP contribution is 2.30. The molecule has 2 aromatic carbocycles. The van der Waals surface area contributed by atoms with Crippen molar-refractivity contribution in [3.05, 3.63) is 71.9 Å². The van der Waals surface area contributed by atoms with E-state index in [0.717, 1.165) is 22.0 Å². The first-order valence-corrected chi connectivity index (χ1v) is 8.51. The summed E-state index contributed by atoms with van der Waals surface area (Å²) in [5.74, 6) is -0.389. The summed E-state index contributed by atoms with van der Waals surface area (Å²) in [5, 5.41) is 6.46. The van der Waals surface area contributed by atoms with E-state index in [-0.39, 0.29) is 5.92 Å². The Hall–Kier alpha value is -3.12. The second-order valence-corrected chi connectivity index (χ2v) is 6.24. The van der Waals surface area contributed by atoms with Crippen molar-refractivity contribution < 1.29 is 9.59 Å². The van der Waals surface area contributed by atoms with Gasteiger partial charge >= 0.3 is 6.03 Å².